The van der Waals surface area contributed by atoms with E-state index >= 15 is 0 Å². The van der Waals surface area contributed by atoms with Gasteiger partial charge in [-0.1, -0.05) is 13.3 Å². The van der Waals surface area contributed by atoms with Gasteiger partial charge in [0.1, 0.15) is 6.07 Å². The Morgan fingerprint density at radius 1 is 1.44 bits per heavy atom. The van der Waals surface area contributed by atoms with Crippen molar-refractivity contribution >= 4 is 21.6 Å². The zero-order chi connectivity index (χ0) is 13.1. The molecule has 1 aliphatic rings. The van der Waals surface area contributed by atoms with E-state index in [-0.39, 0.29) is 0 Å². The summed E-state index contributed by atoms with van der Waals surface area (Å²) >= 11 is 3.48. The van der Waals surface area contributed by atoms with Crippen LogP contribution in [0.1, 0.15) is 38.7 Å². The van der Waals surface area contributed by atoms with Crippen LogP contribution in [0.25, 0.3) is 0 Å². The van der Waals surface area contributed by atoms with E-state index in [9.17, 15) is 0 Å². The average molecular weight is 307 g/mol. The maximum Gasteiger partial charge on any atom is 0.100 e. The Labute approximate surface area is 118 Å². The number of halogens is 1. The summed E-state index contributed by atoms with van der Waals surface area (Å²) in [6, 6.07) is 8.83. The first kappa shape index (κ1) is 13.4. The van der Waals surface area contributed by atoms with Crippen LogP contribution in [0.2, 0.25) is 0 Å². The zero-order valence-electron chi connectivity index (χ0n) is 11.0. The molecule has 1 aliphatic heterocycles. The molecule has 3 heteroatoms. The fraction of sp³-hybridized carbons (Fsp3) is 0.533. The molecule has 0 N–H and O–H groups in total. The van der Waals surface area contributed by atoms with E-state index in [0.717, 1.165) is 16.9 Å². The van der Waals surface area contributed by atoms with Gasteiger partial charge in [0, 0.05) is 22.7 Å². The lowest BCUT2D eigenvalue weighted by Crippen LogP contribution is -2.41. The second kappa shape index (κ2) is 5.75. The van der Waals surface area contributed by atoms with Crippen molar-refractivity contribution in [2.75, 3.05) is 11.4 Å². The van der Waals surface area contributed by atoms with Crippen LogP contribution in [-0.4, -0.2) is 12.6 Å². The van der Waals surface area contributed by atoms with E-state index in [4.69, 9.17) is 5.26 Å². The number of hydrogen-bond donors (Lipinski definition) is 0. The van der Waals surface area contributed by atoms with Crippen molar-refractivity contribution in [2.24, 2.45) is 5.92 Å². The monoisotopic (exact) mass is 306 g/mol. The minimum atomic E-state index is 0.590. The number of piperidine rings is 1. The second-order valence-corrected chi connectivity index (χ2v) is 5.98. The van der Waals surface area contributed by atoms with Crippen LogP contribution in [0.5, 0.6) is 0 Å². The molecule has 1 aromatic carbocycles. The third-order valence-electron chi connectivity index (χ3n) is 3.96. The second-order valence-electron chi connectivity index (χ2n) is 5.13. The van der Waals surface area contributed by atoms with Gasteiger partial charge in [-0.15, -0.1) is 0 Å². The van der Waals surface area contributed by atoms with E-state index in [0.29, 0.717) is 11.6 Å². The molecule has 0 aromatic heterocycles. The maximum atomic E-state index is 8.96. The van der Waals surface area contributed by atoms with Gasteiger partial charge in [0.05, 0.1) is 5.56 Å². The highest BCUT2D eigenvalue weighted by molar-refractivity contribution is 9.10. The lowest BCUT2D eigenvalue weighted by Gasteiger charge is -2.39. The summed E-state index contributed by atoms with van der Waals surface area (Å²) in [7, 11) is 0. The summed E-state index contributed by atoms with van der Waals surface area (Å²) in [5.74, 6) is 0.801. The van der Waals surface area contributed by atoms with Crippen molar-refractivity contribution in [3.05, 3.63) is 28.2 Å². The normalized spacial score (nSPS) is 23.8. The smallest absolute Gasteiger partial charge is 0.100 e. The van der Waals surface area contributed by atoms with Crippen LogP contribution >= 0.6 is 15.9 Å². The van der Waals surface area contributed by atoms with Crippen LogP contribution in [0.15, 0.2) is 22.7 Å². The fourth-order valence-electron chi connectivity index (χ4n) is 2.65. The number of nitriles is 1. The summed E-state index contributed by atoms with van der Waals surface area (Å²) in [4.78, 5) is 2.48. The minimum absolute atomic E-state index is 0.590. The van der Waals surface area contributed by atoms with Gasteiger partial charge in [-0.2, -0.15) is 5.26 Å². The summed E-state index contributed by atoms with van der Waals surface area (Å²) < 4.78 is 0.897. The molecule has 0 radical (unpaired) electrons. The highest BCUT2D eigenvalue weighted by Gasteiger charge is 2.24. The standard InChI is InChI=1S/C15H19BrN2/c1-3-12-5-4-11(2)18(10-12)14-7-6-13(9-17)15(16)8-14/h6-8,11-12H,3-5,10H2,1-2H3. The molecular formula is C15H19BrN2. The van der Waals surface area contributed by atoms with Crippen LogP contribution < -0.4 is 4.90 Å². The van der Waals surface area contributed by atoms with Gasteiger partial charge in [-0.05, 0) is 59.8 Å². The Morgan fingerprint density at radius 3 is 2.83 bits per heavy atom. The van der Waals surface area contributed by atoms with E-state index < -0.39 is 0 Å². The van der Waals surface area contributed by atoms with Crippen molar-refractivity contribution < 1.29 is 0 Å². The summed E-state index contributed by atoms with van der Waals surface area (Å²) in [5.41, 5.74) is 1.93. The van der Waals surface area contributed by atoms with Gasteiger partial charge < -0.3 is 4.90 Å². The maximum absolute atomic E-state index is 8.96. The Kier molecular flexibility index (Phi) is 4.29. The van der Waals surface area contributed by atoms with Crippen LogP contribution in [-0.2, 0) is 0 Å². The molecule has 0 saturated carbocycles. The molecule has 2 nitrogen and oxygen atoms in total. The van der Waals surface area contributed by atoms with Crippen molar-refractivity contribution in [3.8, 4) is 6.07 Å². The minimum Gasteiger partial charge on any atom is -0.369 e. The third-order valence-corrected chi connectivity index (χ3v) is 4.62. The highest BCUT2D eigenvalue weighted by atomic mass is 79.9. The topological polar surface area (TPSA) is 27.0 Å². The van der Waals surface area contributed by atoms with Crippen molar-refractivity contribution in [2.45, 2.75) is 39.2 Å². The van der Waals surface area contributed by atoms with Crippen LogP contribution in [0, 0.1) is 17.2 Å². The van der Waals surface area contributed by atoms with Crippen LogP contribution in [0.3, 0.4) is 0 Å². The molecule has 2 unspecified atom stereocenters. The Balaban J connectivity index is 2.24. The summed E-state index contributed by atoms with van der Waals surface area (Å²) in [6.07, 6.45) is 3.85. The van der Waals surface area contributed by atoms with Gasteiger partial charge in [-0.25, -0.2) is 0 Å². The molecule has 2 atom stereocenters. The summed E-state index contributed by atoms with van der Waals surface area (Å²) in [6.45, 7) is 5.70. The quantitative estimate of drug-likeness (QED) is 0.813. The molecule has 96 valence electrons. The number of nitrogens with zero attached hydrogens (tertiary/aromatic N) is 2. The van der Waals surface area contributed by atoms with Crippen molar-refractivity contribution in [3.63, 3.8) is 0 Å². The third kappa shape index (κ3) is 2.70. The molecule has 1 heterocycles. The van der Waals surface area contributed by atoms with Crippen molar-refractivity contribution in [1.82, 2.24) is 0 Å². The average Bonchev–Trinajstić information content (AvgIpc) is 2.39. The van der Waals surface area contributed by atoms with Gasteiger partial charge in [0.15, 0.2) is 0 Å². The molecule has 0 spiro atoms. The molecular weight excluding hydrogens is 288 g/mol. The summed E-state index contributed by atoms with van der Waals surface area (Å²) in [5, 5.41) is 8.96. The highest BCUT2D eigenvalue weighted by Crippen LogP contribution is 2.31. The largest absolute Gasteiger partial charge is 0.369 e. The molecule has 1 saturated heterocycles. The predicted molar refractivity (Wildman–Crippen MR) is 78.7 cm³/mol. The van der Waals surface area contributed by atoms with Crippen LogP contribution in [0.4, 0.5) is 5.69 Å². The molecule has 2 rings (SSSR count). The van der Waals surface area contributed by atoms with Gasteiger partial charge in [-0.3, -0.25) is 0 Å². The lowest BCUT2D eigenvalue weighted by molar-refractivity contribution is 0.359. The first-order valence-corrected chi connectivity index (χ1v) is 7.41. The lowest BCUT2D eigenvalue weighted by atomic mass is 9.91. The molecule has 1 fully saturated rings. The molecule has 1 aromatic rings. The van der Waals surface area contributed by atoms with E-state index in [1.807, 2.05) is 6.07 Å². The number of benzene rings is 1. The number of rotatable bonds is 2. The molecule has 0 amide bonds. The predicted octanol–water partition coefficient (Wildman–Crippen LogP) is 4.34. The van der Waals surface area contributed by atoms with E-state index in [1.165, 1.54) is 24.9 Å². The molecule has 0 bridgehead atoms. The van der Waals surface area contributed by atoms with Gasteiger partial charge in [0.2, 0.25) is 0 Å². The zero-order valence-corrected chi connectivity index (χ0v) is 12.6. The Morgan fingerprint density at radius 2 is 2.22 bits per heavy atom. The Bertz CT molecular complexity index is 464. The Hall–Kier alpha value is -1.01. The number of hydrogen-bond acceptors (Lipinski definition) is 2. The first-order valence-electron chi connectivity index (χ1n) is 6.62. The van der Waals surface area contributed by atoms with E-state index in [1.54, 1.807) is 0 Å². The first-order chi connectivity index (χ1) is 8.65. The molecule has 18 heavy (non-hydrogen) atoms. The van der Waals surface area contributed by atoms with Gasteiger partial charge >= 0.3 is 0 Å². The van der Waals surface area contributed by atoms with Crippen molar-refractivity contribution in [1.29, 1.82) is 5.26 Å². The fourth-order valence-corrected chi connectivity index (χ4v) is 3.10. The van der Waals surface area contributed by atoms with E-state index in [2.05, 4.69) is 52.9 Å². The number of anilines is 1. The SMILES string of the molecule is CCC1CCC(C)N(c2ccc(C#N)c(Br)c2)C1. The molecule has 0 aliphatic carbocycles. The van der Waals surface area contributed by atoms with Gasteiger partial charge in [0.25, 0.3) is 0 Å².